The normalized spacial score (nSPS) is 16.9. The van der Waals surface area contributed by atoms with Crippen molar-refractivity contribution in [2.45, 2.75) is 32.7 Å². The molecule has 0 saturated carbocycles. The lowest BCUT2D eigenvalue weighted by molar-refractivity contribution is 0.0950. The standard InChI is InChI=1S/C18H21NO2S/c1-12-6-7-15-16(11-22-17(15)8-12)18(20)19-10-13-4-3-5-14(9-13)21-2/h3-5,9,11-12H,6-8,10H2,1-2H3,(H,19,20). The van der Waals surface area contributed by atoms with Crippen LogP contribution >= 0.6 is 11.3 Å². The van der Waals surface area contributed by atoms with Crippen LogP contribution in [-0.4, -0.2) is 13.0 Å². The minimum absolute atomic E-state index is 0.0369. The van der Waals surface area contributed by atoms with Gasteiger partial charge in [-0.2, -0.15) is 0 Å². The first-order chi connectivity index (χ1) is 10.7. The van der Waals surface area contributed by atoms with Crippen LogP contribution in [0.2, 0.25) is 0 Å². The molecule has 0 radical (unpaired) electrons. The van der Waals surface area contributed by atoms with Gasteiger partial charge in [-0.1, -0.05) is 19.1 Å². The third-order valence-corrected chi connectivity index (χ3v) is 5.28. The number of ether oxygens (including phenoxy) is 1. The van der Waals surface area contributed by atoms with E-state index in [1.54, 1.807) is 18.4 Å². The highest BCUT2D eigenvalue weighted by molar-refractivity contribution is 7.10. The number of nitrogens with one attached hydrogen (secondary N) is 1. The minimum atomic E-state index is 0.0369. The fourth-order valence-electron chi connectivity index (χ4n) is 2.93. The third kappa shape index (κ3) is 3.17. The Morgan fingerprint density at radius 2 is 2.32 bits per heavy atom. The SMILES string of the molecule is COc1cccc(CNC(=O)c2csc3c2CCC(C)C3)c1. The number of methoxy groups -OCH3 is 1. The Hall–Kier alpha value is -1.81. The van der Waals surface area contributed by atoms with Crippen LogP contribution in [0, 0.1) is 5.92 Å². The number of carbonyl (C=O) groups excluding carboxylic acids is 1. The highest BCUT2D eigenvalue weighted by Crippen LogP contribution is 2.32. The molecule has 0 aliphatic heterocycles. The predicted octanol–water partition coefficient (Wildman–Crippen LogP) is 3.81. The van der Waals surface area contributed by atoms with Crippen molar-refractivity contribution in [1.29, 1.82) is 0 Å². The molecule has 1 heterocycles. The largest absolute Gasteiger partial charge is 0.497 e. The molecule has 1 aromatic heterocycles. The topological polar surface area (TPSA) is 38.3 Å². The summed E-state index contributed by atoms with van der Waals surface area (Å²) in [6.45, 7) is 2.81. The van der Waals surface area contributed by atoms with E-state index in [9.17, 15) is 4.79 Å². The maximum atomic E-state index is 12.5. The van der Waals surface area contributed by atoms with Gasteiger partial charge in [0.1, 0.15) is 5.75 Å². The number of carbonyl (C=O) groups is 1. The summed E-state index contributed by atoms with van der Waals surface area (Å²) in [6.07, 6.45) is 3.32. The van der Waals surface area contributed by atoms with Crippen LogP contribution in [0.5, 0.6) is 5.75 Å². The van der Waals surface area contributed by atoms with Crippen LogP contribution in [-0.2, 0) is 19.4 Å². The fourth-order valence-corrected chi connectivity index (χ4v) is 4.17. The maximum Gasteiger partial charge on any atom is 0.252 e. The summed E-state index contributed by atoms with van der Waals surface area (Å²) in [5.41, 5.74) is 3.19. The molecule has 22 heavy (non-hydrogen) atoms. The van der Waals surface area contributed by atoms with E-state index in [1.165, 1.54) is 16.9 Å². The van der Waals surface area contributed by atoms with Crippen molar-refractivity contribution in [3.63, 3.8) is 0 Å². The van der Waals surface area contributed by atoms with Crippen molar-refractivity contribution >= 4 is 17.2 Å². The van der Waals surface area contributed by atoms with Crippen molar-refractivity contribution in [2.24, 2.45) is 5.92 Å². The van der Waals surface area contributed by atoms with Gasteiger partial charge < -0.3 is 10.1 Å². The molecule has 1 unspecified atom stereocenters. The van der Waals surface area contributed by atoms with E-state index in [2.05, 4.69) is 12.2 Å². The second-order valence-electron chi connectivity index (χ2n) is 5.93. The lowest BCUT2D eigenvalue weighted by Crippen LogP contribution is -2.24. The van der Waals surface area contributed by atoms with Crippen molar-refractivity contribution in [3.8, 4) is 5.75 Å². The van der Waals surface area contributed by atoms with Gasteiger partial charge in [-0.05, 0) is 48.4 Å². The summed E-state index contributed by atoms with van der Waals surface area (Å²) < 4.78 is 5.21. The predicted molar refractivity (Wildman–Crippen MR) is 89.7 cm³/mol. The van der Waals surface area contributed by atoms with Crippen LogP contribution in [0.4, 0.5) is 0 Å². The highest BCUT2D eigenvalue weighted by Gasteiger charge is 2.22. The Labute approximate surface area is 135 Å². The van der Waals surface area contributed by atoms with Crippen LogP contribution in [0.15, 0.2) is 29.6 Å². The molecule has 0 bridgehead atoms. The molecule has 116 valence electrons. The molecule has 2 aromatic rings. The zero-order chi connectivity index (χ0) is 15.5. The van der Waals surface area contributed by atoms with Gasteiger partial charge in [-0.25, -0.2) is 0 Å². The Morgan fingerprint density at radius 3 is 3.14 bits per heavy atom. The van der Waals surface area contributed by atoms with Crippen LogP contribution < -0.4 is 10.1 Å². The first-order valence-corrected chi connectivity index (χ1v) is 8.55. The summed E-state index contributed by atoms with van der Waals surface area (Å²) in [7, 11) is 1.65. The van der Waals surface area contributed by atoms with Gasteiger partial charge in [0, 0.05) is 16.8 Å². The Bertz CT molecular complexity index is 677. The van der Waals surface area contributed by atoms with Crippen LogP contribution in [0.25, 0.3) is 0 Å². The van der Waals surface area contributed by atoms with Crippen molar-refractivity contribution in [3.05, 3.63) is 51.2 Å². The van der Waals surface area contributed by atoms with Crippen molar-refractivity contribution in [2.75, 3.05) is 7.11 Å². The molecule has 4 heteroatoms. The van der Waals surface area contributed by atoms with E-state index in [4.69, 9.17) is 4.74 Å². The Balaban J connectivity index is 1.67. The van der Waals surface area contributed by atoms with Crippen LogP contribution in [0.1, 0.15) is 39.7 Å². The van der Waals surface area contributed by atoms with Gasteiger partial charge >= 0.3 is 0 Å². The van der Waals surface area contributed by atoms with Crippen molar-refractivity contribution in [1.82, 2.24) is 5.32 Å². The van der Waals surface area contributed by atoms with Gasteiger partial charge in [0.25, 0.3) is 5.91 Å². The monoisotopic (exact) mass is 315 g/mol. The number of benzene rings is 1. The first-order valence-electron chi connectivity index (χ1n) is 7.67. The molecule has 0 fully saturated rings. The van der Waals surface area contributed by atoms with E-state index in [0.29, 0.717) is 6.54 Å². The van der Waals surface area contributed by atoms with E-state index in [0.717, 1.165) is 35.6 Å². The van der Waals surface area contributed by atoms with E-state index >= 15 is 0 Å². The Kier molecular flexibility index (Phi) is 4.48. The number of hydrogen-bond acceptors (Lipinski definition) is 3. The molecule has 1 N–H and O–H groups in total. The lowest BCUT2D eigenvalue weighted by atomic mass is 9.88. The highest BCUT2D eigenvalue weighted by atomic mass is 32.1. The zero-order valence-corrected chi connectivity index (χ0v) is 13.8. The molecule has 1 aliphatic rings. The number of hydrogen-bond donors (Lipinski definition) is 1. The molecule has 3 rings (SSSR count). The van der Waals surface area contributed by atoms with Crippen LogP contribution in [0.3, 0.4) is 0 Å². The molecule has 0 spiro atoms. The second kappa shape index (κ2) is 6.53. The van der Waals surface area contributed by atoms with Gasteiger partial charge in [-0.15, -0.1) is 11.3 Å². The van der Waals surface area contributed by atoms with E-state index in [-0.39, 0.29) is 5.91 Å². The van der Waals surface area contributed by atoms with Gasteiger partial charge in [-0.3, -0.25) is 4.79 Å². The minimum Gasteiger partial charge on any atom is -0.497 e. The summed E-state index contributed by atoms with van der Waals surface area (Å²) in [4.78, 5) is 13.8. The van der Waals surface area contributed by atoms with Crippen molar-refractivity contribution < 1.29 is 9.53 Å². The lowest BCUT2D eigenvalue weighted by Gasteiger charge is -2.18. The molecular weight excluding hydrogens is 294 g/mol. The quantitative estimate of drug-likeness (QED) is 0.931. The Morgan fingerprint density at radius 1 is 1.45 bits per heavy atom. The smallest absolute Gasteiger partial charge is 0.252 e. The molecule has 0 saturated heterocycles. The molecule has 1 aliphatic carbocycles. The number of rotatable bonds is 4. The number of fused-ring (bicyclic) bond motifs is 1. The average Bonchev–Trinajstić information content (AvgIpc) is 2.95. The molecule has 3 nitrogen and oxygen atoms in total. The van der Waals surface area contributed by atoms with Gasteiger partial charge in [0.2, 0.25) is 0 Å². The summed E-state index contributed by atoms with van der Waals surface area (Å²) in [6, 6.07) is 7.79. The molecule has 1 amide bonds. The maximum absolute atomic E-state index is 12.5. The summed E-state index contributed by atoms with van der Waals surface area (Å²) >= 11 is 1.73. The van der Waals surface area contributed by atoms with Gasteiger partial charge in [0.15, 0.2) is 0 Å². The zero-order valence-electron chi connectivity index (χ0n) is 13.0. The van der Waals surface area contributed by atoms with E-state index < -0.39 is 0 Å². The molecule has 1 atom stereocenters. The summed E-state index contributed by atoms with van der Waals surface area (Å²) in [5, 5.41) is 5.04. The van der Waals surface area contributed by atoms with Gasteiger partial charge in [0.05, 0.1) is 12.7 Å². The molecular formula is C18H21NO2S. The first kappa shape index (κ1) is 15.1. The number of thiophene rings is 1. The summed E-state index contributed by atoms with van der Waals surface area (Å²) in [5.74, 6) is 1.59. The molecule has 1 aromatic carbocycles. The fraction of sp³-hybridized carbons (Fsp3) is 0.389. The second-order valence-corrected chi connectivity index (χ2v) is 6.90. The number of amides is 1. The average molecular weight is 315 g/mol. The third-order valence-electron chi connectivity index (χ3n) is 4.23. The van der Waals surface area contributed by atoms with E-state index in [1.807, 2.05) is 29.6 Å².